The second kappa shape index (κ2) is 10.6. The molecule has 0 aromatic carbocycles. The summed E-state index contributed by atoms with van der Waals surface area (Å²) in [7, 11) is 0. The van der Waals surface area contributed by atoms with Gasteiger partial charge in [0.2, 0.25) is 12.2 Å². The maximum absolute atomic E-state index is 11.9. The van der Waals surface area contributed by atoms with E-state index in [2.05, 4.69) is 0 Å². The summed E-state index contributed by atoms with van der Waals surface area (Å²) in [5, 5.41) is 0. The molecule has 0 amide bonds. The Kier molecular flexibility index (Phi) is 9.56. The van der Waals surface area contributed by atoms with Gasteiger partial charge in [0.25, 0.3) is 0 Å². The largest absolute Gasteiger partial charge is 0.463 e. The van der Waals surface area contributed by atoms with Crippen molar-refractivity contribution in [2.24, 2.45) is 0 Å². The van der Waals surface area contributed by atoms with Gasteiger partial charge in [0.1, 0.15) is 0 Å². The van der Waals surface area contributed by atoms with E-state index in [4.69, 9.17) is 18.9 Å². The average molecular weight is 318 g/mol. The Morgan fingerprint density at radius 3 is 1.23 bits per heavy atom. The van der Waals surface area contributed by atoms with Crippen LogP contribution in [-0.2, 0) is 38.1 Å². The summed E-state index contributed by atoms with van der Waals surface area (Å²) in [5.74, 6) is -3.43. The van der Waals surface area contributed by atoms with E-state index in [-0.39, 0.29) is 26.1 Å². The Balaban J connectivity index is 5.38. The van der Waals surface area contributed by atoms with Crippen LogP contribution in [0, 0.1) is 0 Å². The highest BCUT2D eigenvalue weighted by Crippen LogP contribution is 2.12. The Morgan fingerprint density at radius 2 is 1.00 bits per heavy atom. The first kappa shape index (κ1) is 19.9. The summed E-state index contributed by atoms with van der Waals surface area (Å²) in [4.78, 5) is 46.7. The molecule has 0 bridgehead atoms. The van der Waals surface area contributed by atoms with Crippen LogP contribution in [0.25, 0.3) is 0 Å². The summed E-state index contributed by atoms with van der Waals surface area (Å²) in [5.41, 5.74) is 0. The number of hydrogen-bond donors (Lipinski definition) is 0. The van der Waals surface area contributed by atoms with Gasteiger partial charge in [-0.1, -0.05) is 13.8 Å². The van der Waals surface area contributed by atoms with Gasteiger partial charge in [-0.2, -0.15) is 0 Å². The normalized spacial score (nSPS) is 12.7. The first-order chi connectivity index (χ1) is 10.4. The molecule has 0 aliphatic carbocycles. The monoisotopic (exact) mass is 318 g/mol. The molecule has 0 aromatic rings. The first-order valence-electron chi connectivity index (χ1n) is 7.13. The fourth-order valence-electron chi connectivity index (χ4n) is 1.37. The Labute approximate surface area is 129 Å². The summed E-state index contributed by atoms with van der Waals surface area (Å²) in [6, 6.07) is 0. The highest BCUT2D eigenvalue weighted by Gasteiger charge is 2.42. The Morgan fingerprint density at radius 1 is 0.682 bits per heavy atom. The maximum Gasteiger partial charge on any atom is 0.352 e. The van der Waals surface area contributed by atoms with Gasteiger partial charge in [-0.25, -0.2) is 9.59 Å². The predicted molar refractivity (Wildman–Crippen MR) is 73.6 cm³/mol. The zero-order valence-electron chi connectivity index (χ0n) is 13.2. The fraction of sp³-hybridized carbons (Fsp3) is 0.714. The molecular weight excluding hydrogens is 296 g/mol. The molecule has 126 valence electrons. The molecule has 0 heterocycles. The number of rotatable bonds is 9. The van der Waals surface area contributed by atoms with Crippen LogP contribution in [0.1, 0.15) is 40.5 Å². The average Bonchev–Trinajstić information content (AvgIpc) is 2.50. The van der Waals surface area contributed by atoms with Gasteiger partial charge in [0.15, 0.2) is 0 Å². The van der Waals surface area contributed by atoms with E-state index < -0.39 is 36.1 Å². The second-order valence-corrected chi connectivity index (χ2v) is 4.03. The summed E-state index contributed by atoms with van der Waals surface area (Å²) in [6.45, 7) is 6.15. The molecule has 0 aromatic heterocycles. The third-order valence-corrected chi connectivity index (χ3v) is 2.41. The van der Waals surface area contributed by atoms with Gasteiger partial charge >= 0.3 is 23.9 Å². The minimum absolute atomic E-state index is 0.0102. The first-order valence-corrected chi connectivity index (χ1v) is 7.13. The molecule has 0 spiro atoms. The predicted octanol–water partition coefficient (Wildman–Crippen LogP) is 0.756. The molecule has 0 aliphatic rings. The van der Waals surface area contributed by atoms with Gasteiger partial charge in [-0.15, -0.1) is 0 Å². The van der Waals surface area contributed by atoms with Crippen molar-refractivity contribution in [3.63, 3.8) is 0 Å². The lowest BCUT2D eigenvalue weighted by atomic mass is 10.2. The molecule has 2 atom stereocenters. The lowest BCUT2D eigenvalue weighted by Gasteiger charge is -2.23. The molecule has 0 saturated carbocycles. The summed E-state index contributed by atoms with van der Waals surface area (Å²) in [6.07, 6.45) is -3.43. The Hall–Kier alpha value is -2.12. The summed E-state index contributed by atoms with van der Waals surface area (Å²) >= 11 is 0. The van der Waals surface area contributed by atoms with E-state index >= 15 is 0 Å². The third-order valence-electron chi connectivity index (χ3n) is 2.41. The molecule has 0 aliphatic heterocycles. The van der Waals surface area contributed by atoms with Gasteiger partial charge in [-0.3, -0.25) is 9.59 Å². The van der Waals surface area contributed by atoms with Crippen molar-refractivity contribution in [1.82, 2.24) is 0 Å². The molecule has 8 heteroatoms. The number of carbonyl (C=O) groups is 4. The van der Waals surface area contributed by atoms with Crippen LogP contribution < -0.4 is 0 Å². The van der Waals surface area contributed by atoms with E-state index in [0.29, 0.717) is 0 Å². The van der Waals surface area contributed by atoms with Gasteiger partial charge < -0.3 is 18.9 Å². The highest BCUT2D eigenvalue weighted by molar-refractivity contribution is 5.89. The van der Waals surface area contributed by atoms with E-state index in [0.717, 1.165) is 0 Å². The quantitative estimate of drug-likeness (QED) is 0.453. The molecule has 0 radical (unpaired) electrons. The van der Waals surface area contributed by atoms with E-state index in [1.165, 1.54) is 13.8 Å². The van der Waals surface area contributed by atoms with Crippen molar-refractivity contribution < 1.29 is 38.1 Å². The van der Waals surface area contributed by atoms with Crippen molar-refractivity contribution in [1.29, 1.82) is 0 Å². The van der Waals surface area contributed by atoms with Crippen molar-refractivity contribution in [3.05, 3.63) is 0 Å². The van der Waals surface area contributed by atoms with Crippen LogP contribution in [0.5, 0.6) is 0 Å². The van der Waals surface area contributed by atoms with E-state index in [1.54, 1.807) is 13.8 Å². The van der Waals surface area contributed by atoms with Crippen molar-refractivity contribution in [2.45, 2.75) is 52.7 Å². The van der Waals surface area contributed by atoms with E-state index in [9.17, 15) is 19.2 Å². The van der Waals surface area contributed by atoms with Crippen molar-refractivity contribution >= 4 is 23.9 Å². The molecule has 0 rings (SSSR count). The maximum atomic E-state index is 11.9. The molecule has 8 nitrogen and oxygen atoms in total. The number of carbonyl (C=O) groups excluding carboxylic acids is 4. The molecule has 0 saturated heterocycles. The SMILES string of the molecule is CCOC(=O)[C@H](OC(=O)CC)[C@@H](OC(=O)CC)C(=O)OCC. The molecule has 0 fully saturated rings. The number of hydrogen-bond acceptors (Lipinski definition) is 8. The van der Waals surface area contributed by atoms with Crippen molar-refractivity contribution in [2.75, 3.05) is 13.2 Å². The smallest absolute Gasteiger partial charge is 0.352 e. The minimum atomic E-state index is -1.69. The minimum Gasteiger partial charge on any atom is -0.463 e. The zero-order valence-corrected chi connectivity index (χ0v) is 13.2. The second-order valence-electron chi connectivity index (χ2n) is 4.03. The molecule has 0 unspecified atom stereocenters. The van der Waals surface area contributed by atoms with E-state index in [1.807, 2.05) is 0 Å². The lowest BCUT2D eigenvalue weighted by Crippen LogP contribution is -2.47. The van der Waals surface area contributed by atoms with Gasteiger partial charge in [0, 0.05) is 12.8 Å². The number of esters is 4. The topological polar surface area (TPSA) is 105 Å². The van der Waals surface area contributed by atoms with Crippen LogP contribution in [0.2, 0.25) is 0 Å². The third kappa shape index (κ3) is 6.55. The van der Waals surface area contributed by atoms with Crippen molar-refractivity contribution in [3.8, 4) is 0 Å². The van der Waals surface area contributed by atoms with Gasteiger partial charge in [-0.05, 0) is 13.8 Å². The van der Waals surface area contributed by atoms with Gasteiger partial charge in [0.05, 0.1) is 13.2 Å². The molecular formula is C14H22O8. The zero-order chi connectivity index (χ0) is 17.1. The van der Waals surface area contributed by atoms with Crippen LogP contribution in [0.3, 0.4) is 0 Å². The standard InChI is InChI=1S/C14H22O8/c1-5-9(15)21-11(13(17)19-7-3)12(14(18)20-8-4)22-10(16)6-2/h11-12H,5-8H2,1-4H3/t11-,12-/m1/s1. The molecule has 22 heavy (non-hydrogen) atoms. The van der Waals surface area contributed by atoms with Crippen LogP contribution in [0.15, 0.2) is 0 Å². The highest BCUT2D eigenvalue weighted by atomic mass is 16.6. The van der Waals surface area contributed by atoms with Crippen LogP contribution >= 0.6 is 0 Å². The molecule has 0 N–H and O–H groups in total. The van der Waals surface area contributed by atoms with Crippen LogP contribution in [0.4, 0.5) is 0 Å². The van der Waals surface area contributed by atoms with Crippen LogP contribution in [-0.4, -0.2) is 49.3 Å². The lowest BCUT2D eigenvalue weighted by molar-refractivity contribution is -0.191. The summed E-state index contributed by atoms with van der Waals surface area (Å²) < 4.78 is 19.3. The number of ether oxygens (including phenoxy) is 4. The fourth-order valence-corrected chi connectivity index (χ4v) is 1.37. The Bertz CT molecular complexity index is 366.